The average Bonchev–Trinajstić information content (AvgIpc) is 3.68. The third-order valence-electron chi connectivity index (χ3n) is 8.46. The van der Waals surface area contributed by atoms with Gasteiger partial charge in [0.05, 0.1) is 12.8 Å². The maximum Gasteiger partial charge on any atom is 0.434 e. The van der Waals surface area contributed by atoms with Gasteiger partial charge in [0, 0.05) is 31.1 Å². The maximum absolute atomic E-state index is 13.2. The fourth-order valence-electron chi connectivity index (χ4n) is 6.14. The second-order valence-electron chi connectivity index (χ2n) is 10.7. The minimum absolute atomic E-state index is 0.0548. The van der Waals surface area contributed by atoms with Crippen LogP contribution in [0.3, 0.4) is 0 Å². The highest BCUT2D eigenvalue weighted by Crippen LogP contribution is 2.57. The lowest BCUT2D eigenvalue weighted by Crippen LogP contribution is -2.48. The third-order valence-corrected chi connectivity index (χ3v) is 8.46. The molecule has 0 aliphatic heterocycles. The van der Waals surface area contributed by atoms with Gasteiger partial charge in [-0.3, -0.25) is 0 Å². The minimum Gasteiger partial charge on any atom is -0.480 e. The van der Waals surface area contributed by atoms with Gasteiger partial charge in [-0.2, -0.15) is 18.2 Å². The van der Waals surface area contributed by atoms with Gasteiger partial charge in [-0.1, -0.05) is 0 Å². The van der Waals surface area contributed by atoms with Crippen molar-refractivity contribution in [1.82, 2.24) is 34.5 Å². The quantitative estimate of drug-likeness (QED) is 0.485. The molecule has 12 heteroatoms. The molecule has 2 bridgehead atoms. The Morgan fingerprint density at radius 1 is 1.00 bits per heavy atom. The molecule has 4 aliphatic carbocycles. The standard InChI is InChI=1S/C25H29F3N8O/c1-36-11-16(25(26,27)28)34-21(36)24-8-5-23(6-9-24,7-10-24)12-29-22-33-14-31-19(35-22)17-18(15-3-4-15)30-13-32-20(17)37-2/h11,13-15H,3-10,12H2,1-2H3,(H,29,31,33,35). The van der Waals surface area contributed by atoms with Crippen molar-refractivity contribution < 1.29 is 17.9 Å². The average molecular weight is 515 g/mol. The van der Waals surface area contributed by atoms with E-state index >= 15 is 0 Å². The summed E-state index contributed by atoms with van der Waals surface area (Å²) in [6.07, 6.45) is 7.04. The number of alkyl halides is 3. The molecule has 0 radical (unpaired) electrons. The van der Waals surface area contributed by atoms with Crippen LogP contribution in [0.25, 0.3) is 11.4 Å². The molecule has 7 rings (SSSR count). The number of halogens is 3. The predicted molar refractivity (Wildman–Crippen MR) is 128 cm³/mol. The number of anilines is 1. The van der Waals surface area contributed by atoms with Gasteiger partial charge in [-0.15, -0.1) is 0 Å². The number of nitrogens with one attached hydrogen (secondary N) is 1. The molecule has 37 heavy (non-hydrogen) atoms. The Labute approximate surface area is 212 Å². The van der Waals surface area contributed by atoms with Crippen LogP contribution in [0, 0.1) is 5.41 Å². The zero-order valence-electron chi connectivity index (χ0n) is 20.8. The number of fused-ring (bicyclic) bond motifs is 3. The number of aromatic nitrogens is 7. The van der Waals surface area contributed by atoms with Crippen LogP contribution in [-0.4, -0.2) is 48.1 Å². The van der Waals surface area contributed by atoms with Crippen LogP contribution in [0.2, 0.25) is 0 Å². The molecule has 0 aromatic carbocycles. The van der Waals surface area contributed by atoms with E-state index in [0.717, 1.165) is 63.3 Å². The number of imidazole rings is 1. The van der Waals surface area contributed by atoms with Crippen LogP contribution in [0.5, 0.6) is 5.88 Å². The van der Waals surface area contributed by atoms with E-state index in [1.807, 2.05) is 0 Å². The lowest BCUT2D eigenvalue weighted by molar-refractivity contribution is -0.141. The van der Waals surface area contributed by atoms with E-state index in [0.29, 0.717) is 41.5 Å². The number of hydrogen-bond donors (Lipinski definition) is 1. The van der Waals surface area contributed by atoms with E-state index in [1.165, 1.54) is 12.7 Å². The zero-order chi connectivity index (χ0) is 25.8. The second kappa shape index (κ2) is 8.63. The van der Waals surface area contributed by atoms with E-state index < -0.39 is 11.9 Å². The molecule has 196 valence electrons. The highest BCUT2D eigenvalue weighted by Gasteiger charge is 2.51. The number of nitrogens with zero attached hydrogens (tertiary/aromatic N) is 7. The zero-order valence-corrected chi connectivity index (χ0v) is 20.8. The summed E-state index contributed by atoms with van der Waals surface area (Å²) in [5.41, 5.74) is 0.577. The Bertz CT molecular complexity index is 1290. The number of hydrogen-bond acceptors (Lipinski definition) is 8. The lowest BCUT2D eigenvalue weighted by Gasteiger charge is -2.53. The van der Waals surface area contributed by atoms with Gasteiger partial charge in [-0.05, 0) is 56.8 Å². The van der Waals surface area contributed by atoms with Crippen LogP contribution in [0.15, 0.2) is 18.9 Å². The second-order valence-corrected chi connectivity index (χ2v) is 10.7. The normalized spacial score (nSPS) is 25.3. The molecule has 0 saturated heterocycles. The fraction of sp³-hybridized carbons (Fsp3) is 0.600. The molecular weight excluding hydrogens is 485 g/mol. The van der Waals surface area contributed by atoms with Crippen molar-refractivity contribution in [2.75, 3.05) is 19.0 Å². The SMILES string of the molecule is COc1ncnc(C2CC2)c1-c1ncnc(NCC23CCC(c4nc(C(F)(F)F)cn4C)(CC2)CC3)n1. The van der Waals surface area contributed by atoms with E-state index in [-0.39, 0.29) is 10.8 Å². The molecule has 0 amide bonds. The van der Waals surface area contributed by atoms with Crippen LogP contribution in [0.1, 0.15) is 74.5 Å². The molecule has 4 fully saturated rings. The lowest BCUT2D eigenvalue weighted by atomic mass is 9.53. The summed E-state index contributed by atoms with van der Waals surface area (Å²) in [5.74, 6) is 2.35. The summed E-state index contributed by atoms with van der Waals surface area (Å²) < 4.78 is 46.8. The van der Waals surface area contributed by atoms with Gasteiger partial charge < -0.3 is 14.6 Å². The van der Waals surface area contributed by atoms with Crippen LogP contribution in [-0.2, 0) is 18.6 Å². The van der Waals surface area contributed by atoms with E-state index in [2.05, 4.69) is 35.2 Å². The molecule has 3 aromatic heterocycles. The van der Waals surface area contributed by atoms with Crippen molar-refractivity contribution in [2.24, 2.45) is 12.5 Å². The first-order valence-corrected chi connectivity index (χ1v) is 12.7. The summed E-state index contributed by atoms with van der Waals surface area (Å²) in [7, 11) is 3.24. The summed E-state index contributed by atoms with van der Waals surface area (Å²) >= 11 is 0. The Morgan fingerprint density at radius 3 is 2.32 bits per heavy atom. The predicted octanol–water partition coefficient (Wildman–Crippen LogP) is 4.67. The molecule has 4 aliphatic rings. The van der Waals surface area contributed by atoms with Gasteiger partial charge >= 0.3 is 6.18 Å². The molecule has 3 heterocycles. The van der Waals surface area contributed by atoms with Crippen LogP contribution >= 0.6 is 0 Å². The van der Waals surface area contributed by atoms with Crippen molar-refractivity contribution in [1.29, 1.82) is 0 Å². The summed E-state index contributed by atoms with van der Waals surface area (Å²) in [4.78, 5) is 26.2. The van der Waals surface area contributed by atoms with Crippen molar-refractivity contribution >= 4 is 5.95 Å². The highest BCUT2D eigenvalue weighted by atomic mass is 19.4. The summed E-state index contributed by atoms with van der Waals surface area (Å²) in [5, 5.41) is 3.42. The summed E-state index contributed by atoms with van der Waals surface area (Å²) in [6.45, 7) is 0.693. The number of methoxy groups -OCH3 is 1. The molecule has 9 nitrogen and oxygen atoms in total. The van der Waals surface area contributed by atoms with Crippen LogP contribution < -0.4 is 10.1 Å². The topological polar surface area (TPSA) is 104 Å². The van der Waals surface area contributed by atoms with Crippen molar-refractivity contribution in [3.63, 3.8) is 0 Å². The molecule has 0 spiro atoms. The van der Waals surface area contributed by atoms with Crippen molar-refractivity contribution in [3.05, 3.63) is 36.1 Å². The van der Waals surface area contributed by atoms with Crippen LogP contribution in [0.4, 0.5) is 19.1 Å². The first-order chi connectivity index (χ1) is 17.7. The number of aryl methyl sites for hydroxylation is 1. The Kier molecular flexibility index (Phi) is 5.61. The third kappa shape index (κ3) is 4.29. The monoisotopic (exact) mass is 514 g/mol. The molecule has 1 N–H and O–H groups in total. The van der Waals surface area contributed by atoms with Gasteiger partial charge in [0.2, 0.25) is 11.8 Å². The molecular formula is C25H29F3N8O. The van der Waals surface area contributed by atoms with Crippen molar-refractivity contribution in [3.8, 4) is 17.3 Å². The van der Waals surface area contributed by atoms with Gasteiger partial charge in [0.1, 0.15) is 24.0 Å². The Hall–Kier alpha value is -3.31. The Balaban J connectivity index is 1.17. The Morgan fingerprint density at radius 2 is 1.70 bits per heavy atom. The van der Waals surface area contributed by atoms with Crippen molar-refractivity contribution in [2.45, 2.75) is 68.9 Å². The van der Waals surface area contributed by atoms with Gasteiger partial charge in [-0.25, -0.2) is 24.9 Å². The van der Waals surface area contributed by atoms with Gasteiger partial charge in [0.15, 0.2) is 11.5 Å². The largest absolute Gasteiger partial charge is 0.480 e. The molecule has 0 unspecified atom stereocenters. The fourth-order valence-corrected chi connectivity index (χ4v) is 6.14. The highest BCUT2D eigenvalue weighted by molar-refractivity contribution is 5.66. The first kappa shape index (κ1) is 24.1. The first-order valence-electron chi connectivity index (χ1n) is 12.7. The maximum atomic E-state index is 13.2. The number of rotatable bonds is 7. The molecule has 3 aromatic rings. The summed E-state index contributed by atoms with van der Waals surface area (Å²) in [6, 6.07) is 0. The van der Waals surface area contributed by atoms with E-state index in [4.69, 9.17) is 4.74 Å². The minimum atomic E-state index is -4.43. The number of ether oxygens (including phenoxy) is 1. The molecule has 4 saturated carbocycles. The van der Waals surface area contributed by atoms with Gasteiger partial charge in [0.25, 0.3) is 0 Å². The van der Waals surface area contributed by atoms with E-state index in [9.17, 15) is 13.2 Å². The van der Waals surface area contributed by atoms with E-state index in [1.54, 1.807) is 18.7 Å². The molecule has 0 atom stereocenters. The smallest absolute Gasteiger partial charge is 0.434 e.